The summed E-state index contributed by atoms with van der Waals surface area (Å²) in [5.74, 6) is 0. The number of aryl methyl sites for hydroxylation is 1. The molecule has 1 aromatic carbocycles. The molecule has 0 bridgehead atoms. The van der Waals surface area contributed by atoms with E-state index in [1.54, 1.807) is 18.3 Å². The second kappa shape index (κ2) is 11.1. The number of hydrogen-bond acceptors (Lipinski definition) is 6. The fraction of sp³-hybridized carbons (Fsp3) is 0.304. The zero-order valence-electron chi connectivity index (χ0n) is 17.2. The summed E-state index contributed by atoms with van der Waals surface area (Å²) in [6, 6.07) is 14.5. The molecule has 0 saturated heterocycles. The zero-order chi connectivity index (χ0) is 21.2. The summed E-state index contributed by atoms with van der Waals surface area (Å²) >= 11 is 0. The first-order chi connectivity index (χ1) is 14.6. The van der Waals surface area contributed by atoms with Gasteiger partial charge in [0.25, 0.3) is 5.69 Å². The van der Waals surface area contributed by atoms with Crippen molar-refractivity contribution in [3.8, 4) is 11.1 Å². The fourth-order valence-electron chi connectivity index (χ4n) is 3.25. The van der Waals surface area contributed by atoms with E-state index in [4.69, 9.17) is 0 Å². The zero-order valence-corrected chi connectivity index (χ0v) is 17.2. The third kappa shape index (κ3) is 6.17. The summed E-state index contributed by atoms with van der Waals surface area (Å²) in [6.45, 7) is 5.32. The van der Waals surface area contributed by atoms with Gasteiger partial charge in [-0.2, -0.15) is 0 Å². The molecule has 0 spiro atoms. The van der Waals surface area contributed by atoms with E-state index < -0.39 is 0 Å². The first kappa shape index (κ1) is 21.5. The second-order valence-electron chi connectivity index (χ2n) is 7.13. The lowest BCUT2D eigenvalue weighted by Crippen LogP contribution is -2.20. The first-order valence-electron chi connectivity index (χ1n) is 10.2. The standard InChI is InChI=1S/C23H27N5O2/c1-18-7-5-13-26-22(18)16-24-11-2-3-12-25-17-23-21(10-6-14-27-23)19-8-4-9-20(15-19)28(29)30/h4-10,13-15,24-25H,2-3,11-12,16-17H2,1H3. The van der Waals surface area contributed by atoms with Crippen molar-refractivity contribution in [2.75, 3.05) is 13.1 Å². The predicted molar refractivity (Wildman–Crippen MR) is 118 cm³/mol. The van der Waals surface area contributed by atoms with Crippen molar-refractivity contribution < 1.29 is 4.92 Å². The summed E-state index contributed by atoms with van der Waals surface area (Å²) in [5, 5.41) is 17.9. The van der Waals surface area contributed by atoms with Gasteiger partial charge in [0, 0.05) is 43.2 Å². The van der Waals surface area contributed by atoms with E-state index in [9.17, 15) is 10.1 Å². The molecule has 3 rings (SSSR count). The topological polar surface area (TPSA) is 93.0 Å². The van der Waals surface area contributed by atoms with Crippen molar-refractivity contribution in [1.29, 1.82) is 0 Å². The Balaban J connectivity index is 1.42. The Morgan fingerprint density at radius 3 is 2.27 bits per heavy atom. The van der Waals surface area contributed by atoms with Crippen LogP contribution in [-0.4, -0.2) is 28.0 Å². The van der Waals surface area contributed by atoms with Crippen LogP contribution < -0.4 is 10.6 Å². The van der Waals surface area contributed by atoms with Gasteiger partial charge in [0.1, 0.15) is 0 Å². The van der Waals surface area contributed by atoms with Crippen LogP contribution in [0.15, 0.2) is 60.9 Å². The Kier molecular flexibility index (Phi) is 8.00. The molecule has 7 nitrogen and oxygen atoms in total. The summed E-state index contributed by atoms with van der Waals surface area (Å²) in [4.78, 5) is 19.5. The molecular formula is C23H27N5O2. The number of pyridine rings is 2. The van der Waals surface area contributed by atoms with E-state index in [1.807, 2.05) is 30.5 Å². The van der Waals surface area contributed by atoms with E-state index >= 15 is 0 Å². The highest BCUT2D eigenvalue weighted by Crippen LogP contribution is 2.25. The van der Waals surface area contributed by atoms with Crippen LogP contribution in [0.1, 0.15) is 29.8 Å². The number of non-ortho nitro benzene ring substituents is 1. The Bertz CT molecular complexity index is 977. The molecule has 0 atom stereocenters. The Morgan fingerprint density at radius 2 is 1.57 bits per heavy atom. The van der Waals surface area contributed by atoms with Gasteiger partial charge >= 0.3 is 0 Å². The predicted octanol–water partition coefficient (Wildman–Crippen LogP) is 4.02. The molecule has 0 aliphatic carbocycles. The molecule has 156 valence electrons. The highest BCUT2D eigenvalue weighted by molar-refractivity contribution is 5.68. The van der Waals surface area contributed by atoms with Crippen molar-refractivity contribution in [2.24, 2.45) is 0 Å². The fourth-order valence-corrected chi connectivity index (χ4v) is 3.25. The van der Waals surface area contributed by atoms with Gasteiger partial charge in [0.05, 0.1) is 16.3 Å². The number of nitro groups is 1. The SMILES string of the molecule is Cc1cccnc1CNCCCCNCc1ncccc1-c1cccc([N+](=O)[O-])c1. The molecule has 7 heteroatoms. The van der Waals surface area contributed by atoms with E-state index in [0.717, 1.165) is 55.0 Å². The van der Waals surface area contributed by atoms with Crippen molar-refractivity contribution in [2.45, 2.75) is 32.9 Å². The maximum Gasteiger partial charge on any atom is 0.270 e. The van der Waals surface area contributed by atoms with Crippen LogP contribution in [-0.2, 0) is 13.1 Å². The number of benzene rings is 1. The number of hydrogen-bond donors (Lipinski definition) is 2. The van der Waals surface area contributed by atoms with Crippen molar-refractivity contribution >= 4 is 5.69 Å². The van der Waals surface area contributed by atoms with Crippen LogP contribution >= 0.6 is 0 Å². The molecule has 0 amide bonds. The molecule has 0 unspecified atom stereocenters. The quantitative estimate of drug-likeness (QED) is 0.284. The number of nitrogens with zero attached hydrogens (tertiary/aromatic N) is 3. The molecule has 2 N–H and O–H groups in total. The highest BCUT2D eigenvalue weighted by Gasteiger charge is 2.10. The van der Waals surface area contributed by atoms with Gasteiger partial charge in [-0.15, -0.1) is 0 Å². The van der Waals surface area contributed by atoms with Gasteiger partial charge in [-0.1, -0.05) is 24.3 Å². The van der Waals surface area contributed by atoms with Gasteiger partial charge in [0.2, 0.25) is 0 Å². The van der Waals surface area contributed by atoms with E-state index in [2.05, 4.69) is 33.6 Å². The minimum absolute atomic E-state index is 0.0867. The number of unbranched alkanes of at least 4 members (excludes halogenated alkanes) is 1. The summed E-state index contributed by atoms with van der Waals surface area (Å²) in [6.07, 6.45) is 5.70. The number of nitro benzene ring substituents is 1. The monoisotopic (exact) mass is 405 g/mol. The van der Waals surface area contributed by atoms with Crippen LogP contribution in [0.3, 0.4) is 0 Å². The molecule has 0 saturated carbocycles. The molecular weight excluding hydrogens is 378 g/mol. The number of aromatic nitrogens is 2. The third-order valence-corrected chi connectivity index (χ3v) is 4.92. The summed E-state index contributed by atoms with van der Waals surface area (Å²) < 4.78 is 0. The lowest BCUT2D eigenvalue weighted by Gasteiger charge is -2.10. The van der Waals surface area contributed by atoms with Gasteiger partial charge in [-0.25, -0.2) is 0 Å². The molecule has 30 heavy (non-hydrogen) atoms. The third-order valence-electron chi connectivity index (χ3n) is 4.92. The van der Waals surface area contributed by atoms with Gasteiger partial charge < -0.3 is 10.6 Å². The normalized spacial score (nSPS) is 10.8. The average Bonchev–Trinajstić information content (AvgIpc) is 2.77. The Morgan fingerprint density at radius 1 is 0.900 bits per heavy atom. The lowest BCUT2D eigenvalue weighted by molar-refractivity contribution is -0.384. The van der Waals surface area contributed by atoms with Gasteiger partial charge in [0.15, 0.2) is 0 Å². The maximum absolute atomic E-state index is 11.1. The van der Waals surface area contributed by atoms with E-state index in [1.165, 1.54) is 11.6 Å². The molecule has 0 aliphatic rings. The molecule has 2 aromatic heterocycles. The Labute approximate surface area is 176 Å². The summed E-state index contributed by atoms with van der Waals surface area (Å²) in [5.41, 5.74) is 5.01. The molecule has 3 aromatic rings. The van der Waals surface area contributed by atoms with Crippen molar-refractivity contribution in [3.63, 3.8) is 0 Å². The summed E-state index contributed by atoms with van der Waals surface area (Å²) in [7, 11) is 0. The van der Waals surface area contributed by atoms with Crippen LogP contribution in [0.2, 0.25) is 0 Å². The molecule has 0 fully saturated rings. The van der Waals surface area contributed by atoms with Crippen molar-refractivity contribution in [3.05, 3.63) is 88.0 Å². The van der Waals surface area contributed by atoms with Crippen molar-refractivity contribution in [1.82, 2.24) is 20.6 Å². The van der Waals surface area contributed by atoms with E-state index in [0.29, 0.717) is 6.54 Å². The number of nitrogens with one attached hydrogen (secondary N) is 2. The van der Waals surface area contributed by atoms with Crippen LogP contribution in [0.4, 0.5) is 5.69 Å². The minimum Gasteiger partial charge on any atom is -0.311 e. The minimum atomic E-state index is -0.374. The lowest BCUT2D eigenvalue weighted by atomic mass is 10.0. The average molecular weight is 406 g/mol. The van der Waals surface area contributed by atoms with E-state index in [-0.39, 0.29) is 10.6 Å². The maximum atomic E-state index is 11.1. The van der Waals surface area contributed by atoms with Gasteiger partial charge in [-0.05, 0) is 56.1 Å². The first-order valence-corrected chi connectivity index (χ1v) is 10.2. The second-order valence-corrected chi connectivity index (χ2v) is 7.13. The Hall–Kier alpha value is -3.16. The molecule has 2 heterocycles. The highest BCUT2D eigenvalue weighted by atomic mass is 16.6. The molecule has 0 radical (unpaired) electrons. The van der Waals surface area contributed by atoms with Crippen LogP contribution in [0, 0.1) is 17.0 Å². The number of rotatable bonds is 11. The largest absolute Gasteiger partial charge is 0.311 e. The van der Waals surface area contributed by atoms with Crippen LogP contribution in [0.25, 0.3) is 11.1 Å². The molecule has 0 aliphatic heterocycles. The van der Waals surface area contributed by atoms with Gasteiger partial charge in [-0.3, -0.25) is 20.1 Å². The van der Waals surface area contributed by atoms with Crippen LogP contribution in [0.5, 0.6) is 0 Å². The smallest absolute Gasteiger partial charge is 0.270 e.